The Bertz CT molecular complexity index is 584. The Balaban J connectivity index is 1.84. The third kappa shape index (κ3) is 4.61. The van der Waals surface area contributed by atoms with Crippen LogP contribution in [0.4, 0.5) is 4.79 Å². The van der Waals surface area contributed by atoms with E-state index >= 15 is 0 Å². The Labute approximate surface area is 126 Å². The minimum atomic E-state index is -0.959. The maximum Gasteiger partial charge on any atom is 0.315 e. The Kier molecular flexibility index (Phi) is 5.34. The Morgan fingerprint density at radius 3 is 2.48 bits per heavy atom. The van der Waals surface area contributed by atoms with Crippen molar-refractivity contribution in [2.24, 2.45) is 0 Å². The number of benzene rings is 1. The highest BCUT2D eigenvalue weighted by Gasteiger charge is 2.20. The van der Waals surface area contributed by atoms with E-state index in [0.717, 1.165) is 4.88 Å². The fourth-order valence-corrected chi connectivity index (χ4v) is 2.52. The highest BCUT2D eigenvalue weighted by Crippen LogP contribution is 2.14. The number of carboxylic acids is 1. The molecule has 0 bridgehead atoms. The van der Waals surface area contributed by atoms with Crippen molar-refractivity contribution in [3.05, 3.63) is 58.3 Å². The average Bonchev–Trinajstić information content (AvgIpc) is 2.99. The van der Waals surface area contributed by atoms with Gasteiger partial charge in [-0.3, -0.25) is 4.79 Å². The van der Waals surface area contributed by atoms with Gasteiger partial charge in [-0.1, -0.05) is 36.4 Å². The molecule has 1 heterocycles. The average molecular weight is 304 g/mol. The van der Waals surface area contributed by atoms with Gasteiger partial charge in [-0.2, -0.15) is 0 Å². The number of thiophene rings is 1. The van der Waals surface area contributed by atoms with E-state index in [2.05, 4.69) is 10.6 Å². The second-order valence-corrected chi connectivity index (χ2v) is 5.48. The fraction of sp³-hybridized carbons (Fsp3) is 0.200. The van der Waals surface area contributed by atoms with Crippen molar-refractivity contribution in [2.45, 2.75) is 12.5 Å². The third-order valence-electron chi connectivity index (χ3n) is 2.97. The van der Waals surface area contributed by atoms with E-state index in [1.54, 1.807) is 35.6 Å². The van der Waals surface area contributed by atoms with Crippen molar-refractivity contribution in [1.29, 1.82) is 0 Å². The number of carbonyl (C=O) groups is 2. The van der Waals surface area contributed by atoms with Gasteiger partial charge in [0.2, 0.25) is 0 Å². The Morgan fingerprint density at radius 1 is 1.10 bits per heavy atom. The summed E-state index contributed by atoms with van der Waals surface area (Å²) in [4.78, 5) is 24.0. The fourth-order valence-electron chi connectivity index (χ4n) is 1.87. The Hall–Kier alpha value is -2.34. The lowest BCUT2D eigenvalue weighted by molar-refractivity contribution is -0.138. The number of carboxylic acid groups (broad SMARTS) is 1. The number of carbonyl (C=O) groups excluding carboxylic acids is 1. The zero-order chi connectivity index (χ0) is 15.1. The molecule has 110 valence electrons. The first kappa shape index (κ1) is 15.1. The second kappa shape index (κ2) is 7.44. The highest BCUT2D eigenvalue weighted by atomic mass is 32.1. The van der Waals surface area contributed by atoms with Gasteiger partial charge in [0.25, 0.3) is 0 Å². The number of hydrogen-bond acceptors (Lipinski definition) is 3. The van der Waals surface area contributed by atoms with Gasteiger partial charge in [-0.05, 0) is 17.0 Å². The molecular weight excluding hydrogens is 288 g/mol. The van der Waals surface area contributed by atoms with Gasteiger partial charge in [-0.15, -0.1) is 11.3 Å². The maximum atomic E-state index is 11.7. The number of rotatable bonds is 6. The largest absolute Gasteiger partial charge is 0.481 e. The monoisotopic (exact) mass is 304 g/mol. The molecule has 1 aromatic heterocycles. The van der Waals surface area contributed by atoms with Gasteiger partial charge in [0.05, 0.1) is 12.5 Å². The zero-order valence-corrected chi connectivity index (χ0v) is 12.1. The molecular formula is C15H16N2O3S. The predicted octanol–water partition coefficient (Wildman–Crippen LogP) is 2.42. The lowest BCUT2D eigenvalue weighted by Crippen LogP contribution is -2.38. The molecule has 0 radical (unpaired) electrons. The number of urea groups is 1. The molecule has 0 saturated heterocycles. The minimum Gasteiger partial charge on any atom is -0.481 e. The summed E-state index contributed by atoms with van der Waals surface area (Å²) in [5, 5.41) is 16.5. The highest BCUT2D eigenvalue weighted by molar-refractivity contribution is 7.09. The summed E-state index contributed by atoms with van der Waals surface area (Å²) in [5.41, 5.74) is 0.670. The predicted molar refractivity (Wildman–Crippen MR) is 81.4 cm³/mol. The summed E-state index contributed by atoms with van der Waals surface area (Å²) < 4.78 is 0. The minimum absolute atomic E-state index is 0.0512. The van der Waals surface area contributed by atoms with Gasteiger partial charge in [0.15, 0.2) is 0 Å². The maximum absolute atomic E-state index is 11.7. The molecule has 3 N–H and O–H groups in total. The standard InChI is InChI=1S/C15H16N2O3S/c18-14(19)13(11-5-2-1-3-6-11)10-17-15(20)16-9-12-7-4-8-21-12/h1-8,13H,9-10H2,(H,18,19)(H2,16,17,20). The van der Waals surface area contributed by atoms with Crippen LogP contribution in [-0.2, 0) is 11.3 Å². The van der Waals surface area contributed by atoms with E-state index in [9.17, 15) is 14.7 Å². The van der Waals surface area contributed by atoms with Gasteiger partial charge in [-0.25, -0.2) is 4.79 Å². The van der Waals surface area contributed by atoms with Crippen LogP contribution in [0.15, 0.2) is 47.8 Å². The molecule has 2 amide bonds. The molecule has 21 heavy (non-hydrogen) atoms. The number of nitrogens with one attached hydrogen (secondary N) is 2. The summed E-state index contributed by atoms with van der Waals surface area (Å²) in [6.45, 7) is 0.488. The molecule has 6 heteroatoms. The lowest BCUT2D eigenvalue weighted by atomic mass is 9.99. The first-order chi connectivity index (χ1) is 10.2. The first-order valence-corrected chi connectivity index (χ1v) is 7.36. The van der Waals surface area contributed by atoms with Crippen LogP contribution in [0, 0.1) is 0 Å². The topological polar surface area (TPSA) is 78.4 Å². The second-order valence-electron chi connectivity index (χ2n) is 4.44. The van der Waals surface area contributed by atoms with Crippen LogP contribution in [0.25, 0.3) is 0 Å². The lowest BCUT2D eigenvalue weighted by Gasteiger charge is -2.14. The molecule has 0 aliphatic carbocycles. The summed E-state index contributed by atoms with van der Waals surface area (Å²) >= 11 is 1.55. The van der Waals surface area contributed by atoms with Gasteiger partial charge in [0, 0.05) is 11.4 Å². The van der Waals surface area contributed by atoms with E-state index in [0.29, 0.717) is 12.1 Å². The molecule has 0 aliphatic rings. The van der Waals surface area contributed by atoms with Crippen molar-refractivity contribution < 1.29 is 14.7 Å². The number of hydrogen-bond donors (Lipinski definition) is 3. The smallest absolute Gasteiger partial charge is 0.315 e. The van der Waals surface area contributed by atoms with Crippen molar-refractivity contribution in [3.8, 4) is 0 Å². The van der Waals surface area contributed by atoms with E-state index in [1.807, 2.05) is 23.6 Å². The summed E-state index contributed by atoms with van der Waals surface area (Å²) in [6, 6.07) is 12.3. The van der Waals surface area contributed by atoms with E-state index in [4.69, 9.17) is 0 Å². The van der Waals surface area contributed by atoms with E-state index in [1.165, 1.54) is 0 Å². The molecule has 0 fully saturated rings. The zero-order valence-electron chi connectivity index (χ0n) is 11.3. The van der Waals surface area contributed by atoms with Crippen molar-refractivity contribution in [1.82, 2.24) is 10.6 Å². The van der Waals surface area contributed by atoms with Crippen LogP contribution in [0.2, 0.25) is 0 Å². The molecule has 2 rings (SSSR count). The summed E-state index contributed by atoms with van der Waals surface area (Å²) in [6.07, 6.45) is 0. The number of aliphatic carboxylic acids is 1. The molecule has 1 unspecified atom stereocenters. The van der Waals surface area contributed by atoms with Crippen LogP contribution >= 0.6 is 11.3 Å². The third-order valence-corrected chi connectivity index (χ3v) is 3.85. The first-order valence-electron chi connectivity index (χ1n) is 6.48. The number of amides is 2. The van der Waals surface area contributed by atoms with Crippen LogP contribution in [0.3, 0.4) is 0 Å². The van der Waals surface area contributed by atoms with E-state index < -0.39 is 11.9 Å². The van der Waals surface area contributed by atoms with Crippen molar-refractivity contribution >= 4 is 23.3 Å². The summed E-state index contributed by atoms with van der Waals surface area (Å²) in [7, 11) is 0. The molecule has 1 atom stereocenters. The van der Waals surface area contributed by atoms with Crippen molar-refractivity contribution in [3.63, 3.8) is 0 Å². The normalized spacial score (nSPS) is 11.6. The van der Waals surface area contributed by atoms with Crippen LogP contribution in [-0.4, -0.2) is 23.7 Å². The SMILES string of the molecule is O=C(NCc1cccs1)NCC(C(=O)O)c1ccccc1. The van der Waals surface area contributed by atoms with Gasteiger partial charge < -0.3 is 15.7 Å². The quantitative estimate of drug-likeness (QED) is 0.767. The molecule has 0 spiro atoms. The molecule has 2 aromatic rings. The molecule has 0 aliphatic heterocycles. The summed E-state index contributed by atoms with van der Waals surface area (Å²) in [5.74, 6) is -1.71. The molecule has 1 aromatic carbocycles. The van der Waals surface area contributed by atoms with Crippen molar-refractivity contribution in [2.75, 3.05) is 6.54 Å². The molecule has 0 saturated carbocycles. The van der Waals surface area contributed by atoms with Crippen LogP contribution in [0.1, 0.15) is 16.4 Å². The van der Waals surface area contributed by atoms with Crippen LogP contribution < -0.4 is 10.6 Å². The molecule has 5 nitrogen and oxygen atoms in total. The Morgan fingerprint density at radius 2 is 1.86 bits per heavy atom. The van der Waals surface area contributed by atoms with E-state index in [-0.39, 0.29) is 12.6 Å². The van der Waals surface area contributed by atoms with Gasteiger partial charge in [0.1, 0.15) is 0 Å². The van der Waals surface area contributed by atoms with Crippen LogP contribution in [0.5, 0.6) is 0 Å². The van der Waals surface area contributed by atoms with Gasteiger partial charge >= 0.3 is 12.0 Å².